The lowest BCUT2D eigenvalue weighted by Crippen LogP contribution is -2.40. The molecular formula is C16H20O2S. The highest BCUT2D eigenvalue weighted by atomic mass is 32.2. The van der Waals surface area contributed by atoms with Crippen LogP contribution in [0.4, 0.5) is 0 Å². The Morgan fingerprint density at radius 2 is 2.21 bits per heavy atom. The topological polar surface area (TPSA) is 26.3 Å². The van der Waals surface area contributed by atoms with Crippen molar-refractivity contribution < 1.29 is 9.53 Å². The highest BCUT2D eigenvalue weighted by Crippen LogP contribution is 2.41. The summed E-state index contributed by atoms with van der Waals surface area (Å²) in [6.45, 7) is 0.827. The molecule has 3 rings (SSSR count). The normalized spacial score (nSPS) is 30.6. The van der Waals surface area contributed by atoms with Gasteiger partial charge in [-0.15, -0.1) is 0 Å². The molecule has 2 nitrogen and oxygen atoms in total. The molecule has 19 heavy (non-hydrogen) atoms. The summed E-state index contributed by atoms with van der Waals surface area (Å²) in [7, 11) is 0. The molecule has 2 fully saturated rings. The highest BCUT2D eigenvalue weighted by Gasteiger charge is 2.40. The van der Waals surface area contributed by atoms with Gasteiger partial charge in [0.2, 0.25) is 0 Å². The van der Waals surface area contributed by atoms with Crippen LogP contribution in [0.2, 0.25) is 0 Å². The Hall–Kier alpha value is -0.800. The van der Waals surface area contributed by atoms with Crippen LogP contribution >= 0.6 is 11.8 Å². The summed E-state index contributed by atoms with van der Waals surface area (Å²) < 4.78 is 6.01. The first kappa shape index (κ1) is 13.2. The average Bonchev–Trinajstić information content (AvgIpc) is 2.88. The van der Waals surface area contributed by atoms with Crippen molar-refractivity contribution in [2.45, 2.75) is 31.3 Å². The monoisotopic (exact) mass is 276 g/mol. The van der Waals surface area contributed by atoms with Crippen LogP contribution in [0.3, 0.4) is 0 Å². The molecule has 2 aliphatic rings. The van der Waals surface area contributed by atoms with E-state index in [9.17, 15) is 4.79 Å². The summed E-state index contributed by atoms with van der Waals surface area (Å²) in [5, 5.41) is 0. The zero-order valence-corrected chi connectivity index (χ0v) is 12.0. The number of Topliss-reactive ketones (excluding diaryl/α,β-unsaturated/α-hetero) is 1. The molecule has 0 aliphatic carbocycles. The molecule has 2 saturated heterocycles. The fourth-order valence-electron chi connectivity index (χ4n) is 3.17. The second kappa shape index (κ2) is 5.68. The molecule has 2 aliphatic heterocycles. The lowest BCUT2D eigenvalue weighted by Gasteiger charge is -2.37. The van der Waals surface area contributed by atoms with Crippen molar-refractivity contribution >= 4 is 17.5 Å². The second-order valence-corrected chi connectivity index (χ2v) is 6.79. The van der Waals surface area contributed by atoms with Gasteiger partial charge in [0.05, 0.1) is 5.60 Å². The maximum atomic E-state index is 12.3. The van der Waals surface area contributed by atoms with Crippen LogP contribution < -0.4 is 0 Å². The van der Waals surface area contributed by atoms with Gasteiger partial charge in [0.1, 0.15) is 0 Å². The molecule has 0 amide bonds. The van der Waals surface area contributed by atoms with Gasteiger partial charge < -0.3 is 4.74 Å². The lowest BCUT2D eigenvalue weighted by molar-refractivity contribution is -0.0789. The Bertz CT molecular complexity index is 437. The molecule has 1 spiro atoms. The number of benzene rings is 1. The summed E-state index contributed by atoms with van der Waals surface area (Å²) in [6.07, 6.45) is 3.94. The SMILES string of the molecule is O=C(CC1CCOC2(CCSC2)C1)c1ccccc1. The number of rotatable bonds is 3. The molecule has 2 unspecified atom stereocenters. The first-order valence-corrected chi connectivity index (χ1v) is 8.23. The number of carbonyl (C=O) groups is 1. The zero-order valence-electron chi connectivity index (χ0n) is 11.1. The van der Waals surface area contributed by atoms with E-state index >= 15 is 0 Å². The lowest BCUT2D eigenvalue weighted by atomic mass is 9.82. The van der Waals surface area contributed by atoms with Gasteiger partial charge in [-0.25, -0.2) is 0 Å². The summed E-state index contributed by atoms with van der Waals surface area (Å²) >= 11 is 1.99. The van der Waals surface area contributed by atoms with Crippen molar-refractivity contribution in [2.24, 2.45) is 5.92 Å². The van der Waals surface area contributed by atoms with Crippen molar-refractivity contribution in [1.82, 2.24) is 0 Å². The van der Waals surface area contributed by atoms with Crippen molar-refractivity contribution in [2.75, 3.05) is 18.1 Å². The molecule has 1 aromatic rings. The van der Waals surface area contributed by atoms with Crippen LogP contribution in [-0.4, -0.2) is 29.5 Å². The molecule has 0 aromatic heterocycles. The van der Waals surface area contributed by atoms with E-state index in [2.05, 4.69) is 0 Å². The van der Waals surface area contributed by atoms with Crippen molar-refractivity contribution in [1.29, 1.82) is 0 Å². The molecule has 2 atom stereocenters. The number of ketones is 1. The Morgan fingerprint density at radius 3 is 2.95 bits per heavy atom. The van der Waals surface area contributed by atoms with Gasteiger partial charge in [0.15, 0.2) is 5.78 Å². The molecule has 0 radical (unpaired) electrons. The van der Waals surface area contributed by atoms with E-state index in [-0.39, 0.29) is 11.4 Å². The first-order chi connectivity index (χ1) is 9.27. The number of ether oxygens (including phenoxy) is 1. The van der Waals surface area contributed by atoms with E-state index in [4.69, 9.17) is 4.74 Å². The smallest absolute Gasteiger partial charge is 0.163 e. The number of thioether (sulfide) groups is 1. The molecule has 2 heterocycles. The minimum atomic E-state index is 0.0878. The van der Waals surface area contributed by atoms with Crippen LogP contribution in [0.5, 0.6) is 0 Å². The summed E-state index contributed by atoms with van der Waals surface area (Å²) in [6, 6.07) is 9.67. The molecule has 102 valence electrons. The molecular weight excluding hydrogens is 256 g/mol. The number of hydrogen-bond donors (Lipinski definition) is 0. The zero-order chi connectivity index (χ0) is 13.1. The van der Waals surface area contributed by atoms with E-state index in [0.29, 0.717) is 12.3 Å². The summed E-state index contributed by atoms with van der Waals surface area (Å²) in [5.41, 5.74) is 0.939. The average molecular weight is 276 g/mol. The Morgan fingerprint density at radius 1 is 1.37 bits per heavy atom. The fraction of sp³-hybridized carbons (Fsp3) is 0.562. The van der Waals surface area contributed by atoms with Gasteiger partial charge in [-0.05, 0) is 30.9 Å². The molecule has 1 aromatic carbocycles. The van der Waals surface area contributed by atoms with E-state index in [0.717, 1.165) is 37.2 Å². The third kappa shape index (κ3) is 3.03. The maximum Gasteiger partial charge on any atom is 0.163 e. The maximum absolute atomic E-state index is 12.3. The van der Waals surface area contributed by atoms with Crippen molar-refractivity contribution in [3.05, 3.63) is 35.9 Å². The van der Waals surface area contributed by atoms with Gasteiger partial charge in [-0.2, -0.15) is 11.8 Å². The van der Waals surface area contributed by atoms with Gasteiger partial charge in [0, 0.05) is 24.3 Å². The van der Waals surface area contributed by atoms with Gasteiger partial charge in [-0.3, -0.25) is 4.79 Å². The quantitative estimate of drug-likeness (QED) is 0.790. The second-order valence-electron chi connectivity index (χ2n) is 5.69. The highest BCUT2D eigenvalue weighted by molar-refractivity contribution is 7.99. The van der Waals surface area contributed by atoms with E-state index < -0.39 is 0 Å². The first-order valence-electron chi connectivity index (χ1n) is 7.07. The summed E-state index contributed by atoms with van der Waals surface area (Å²) in [5.74, 6) is 3.11. The largest absolute Gasteiger partial charge is 0.374 e. The molecule has 0 N–H and O–H groups in total. The summed E-state index contributed by atoms with van der Waals surface area (Å²) in [4.78, 5) is 12.3. The predicted octanol–water partition coefficient (Wildman–Crippen LogP) is 3.56. The number of carbonyl (C=O) groups excluding carboxylic acids is 1. The standard InChI is InChI=1S/C16H20O2S/c17-15(14-4-2-1-3-5-14)10-13-6-8-18-16(11-13)7-9-19-12-16/h1-5,13H,6-12H2. The van der Waals surface area contributed by atoms with E-state index in [1.165, 1.54) is 5.75 Å². The minimum absolute atomic E-state index is 0.0878. The van der Waals surface area contributed by atoms with Crippen LogP contribution in [0.15, 0.2) is 30.3 Å². The minimum Gasteiger partial charge on any atom is -0.374 e. The van der Waals surface area contributed by atoms with Crippen molar-refractivity contribution in [3.63, 3.8) is 0 Å². The third-order valence-corrected chi connectivity index (χ3v) is 5.46. The third-order valence-electron chi connectivity index (χ3n) is 4.23. The predicted molar refractivity (Wildman–Crippen MR) is 78.7 cm³/mol. The molecule has 0 saturated carbocycles. The van der Waals surface area contributed by atoms with Crippen LogP contribution in [0.25, 0.3) is 0 Å². The van der Waals surface area contributed by atoms with Crippen LogP contribution in [-0.2, 0) is 4.74 Å². The Labute approximate surface area is 118 Å². The Kier molecular flexibility index (Phi) is 3.94. The van der Waals surface area contributed by atoms with E-state index in [1.807, 2.05) is 42.1 Å². The van der Waals surface area contributed by atoms with Gasteiger partial charge in [-0.1, -0.05) is 30.3 Å². The fourth-order valence-corrected chi connectivity index (χ4v) is 4.55. The molecule has 0 bridgehead atoms. The van der Waals surface area contributed by atoms with E-state index in [1.54, 1.807) is 0 Å². The number of hydrogen-bond acceptors (Lipinski definition) is 3. The Balaban J connectivity index is 1.62. The van der Waals surface area contributed by atoms with Crippen LogP contribution in [0, 0.1) is 5.92 Å². The van der Waals surface area contributed by atoms with Gasteiger partial charge in [0.25, 0.3) is 0 Å². The van der Waals surface area contributed by atoms with Gasteiger partial charge >= 0.3 is 0 Å². The van der Waals surface area contributed by atoms with Crippen LogP contribution in [0.1, 0.15) is 36.0 Å². The van der Waals surface area contributed by atoms with Crippen molar-refractivity contribution in [3.8, 4) is 0 Å². The molecule has 3 heteroatoms.